The second-order valence-electron chi connectivity index (χ2n) is 7.14. The van der Waals surface area contributed by atoms with Gasteiger partial charge >= 0.3 is 5.97 Å². The van der Waals surface area contributed by atoms with E-state index in [1.165, 1.54) is 10.6 Å². The fourth-order valence-corrected chi connectivity index (χ4v) is 3.86. The number of fused-ring (bicyclic) bond motifs is 1. The molecule has 2 atom stereocenters. The second-order valence-corrected chi connectivity index (χ2v) is 7.58. The highest BCUT2D eigenvalue weighted by Crippen LogP contribution is 2.40. The van der Waals surface area contributed by atoms with Crippen molar-refractivity contribution in [1.82, 2.24) is 4.57 Å². The van der Waals surface area contributed by atoms with Crippen LogP contribution >= 0.6 is 11.6 Å². The summed E-state index contributed by atoms with van der Waals surface area (Å²) < 4.78 is 16.3. The number of hydrogen-bond acceptors (Lipinski definition) is 3. The Morgan fingerprint density at radius 3 is 2.34 bits per heavy atom. The average molecular weight is 418 g/mol. The van der Waals surface area contributed by atoms with Gasteiger partial charge in [-0.15, -0.1) is 0 Å². The largest absolute Gasteiger partial charge is 0.505 e. The monoisotopic (exact) mass is 417 g/mol. The summed E-state index contributed by atoms with van der Waals surface area (Å²) in [4.78, 5) is 25.3. The summed E-state index contributed by atoms with van der Waals surface area (Å²) in [7, 11) is 0. The van der Waals surface area contributed by atoms with Gasteiger partial charge in [-0.2, -0.15) is 0 Å². The zero-order valence-corrected chi connectivity index (χ0v) is 17.0. The Morgan fingerprint density at radius 1 is 1.17 bits per heavy atom. The van der Waals surface area contributed by atoms with Crippen LogP contribution in [0.4, 0.5) is 4.39 Å². The molecule has 3 rings (SSSR count). The number of carbonyl (C=O) groups excluding carboxylic acids is 1. The molecule has 0 aliphatic carbocycles. The summed E-state index contributed by atoms with van der Waals surface area (Å²) in [5.41, 5.74) is 1.07. The number of aromatic nitrogens is 1. The fraction of sp³-hybridized carbons (Fsp3) is 0.273. The number of carbonyl (C=O) groups is 2. The smallest absolute Gasteiger partial charge is 0.311 e. The van der Waals surface area contributed by atoms with Gasteiger partial charge in [-0.05, 0) is 54.8 Å². The quantitative estimate of drug-likeness (QED) is 0.586. The standard InChI is InChI=1S/C22H21ClFNO4/c1-4-11(2)17(22(28)29)18-12(3)25(15-9-10-16(26)20(24)19(15)18)21(27)13-5-7-14(23)8-6-13/h5-11,17,26H,4H2,1-3H3,(H,28,29)/t11?,17-/m0/s1. The molecule has 0 aliphatic rings. The van der Waals surface area contributed by atoms with Crippen molar-refractivity contribution in [1.29, 1.82) is 0 Å². The molecule has 152 valence electrons. The lowest BCUT2D eigenvalue weighted by Crippen LogP contribution is -2.21. The van der Waals surface area contributed by atoms with Crippen LogP contribution in [0.15, 0.2) is 36.4 Å². The van der Waals surface area contributed by atoms with Crippen LogP contribution in [-0.2, 0) is 4.79 Å². The van der Waals surface area contributed by atoms with Crippen LogP contribution in [0.5, 0.6) is 5.75 Å². The van der Waals surface area contributed by atoms with Crippen molar-refractivity contribution in [3.8, 4) is 5.75 Å². The number of hydrogen-bond donors (Lipinski definition) is 2. The van der Waals surface area contributed by atoms with E-state index in [-0.39, 0.29) is 22.4 Å². The van der Waals surface area contributed by atoms with E-state index in [4.69, 9.17) is 11.6 Å². The molecule has 0 radical (unpaired) electrons. The van der Waals surface area contributed by atoms with E-state index in [1.54, 1.807) is 38.1 Å². The maximum absolute atomic E-state index is 15.0. The van der Waals surface area contributed by atoms with Gasteiger partial charge in [-0.25, -0.2) is 4.39 Å². The minimum Gasteiger partial charge on any atom is -0.505 e. The molecule has 7 heteroatoms. The van der Waals surface area contributed by atoms with Gasteiger partial charge in [0, 0.05) is 21.7 Å². The highest BCUT2D eigenvalue weighted by molar-refractivity contribution is 6.30. The zero-order chi connectivity index (χ0) is 21.5. The van der Waals surface area contributed by atoms with Crippen molar-refractivity contribution in [3.05, 3.63) is 64.1 Å². The van der Waals surface area contributed by atoms with Crippen LogP contribution in [0.3, 0.4) is 0 Å². The predicted molar refractivity (Wildman–Crippen MR) is 109 cm³/mol. The first kappa shape index (κ1) is 20.9. The van der Waals surface area contributed by atoms with Crippen LogP contribution in [0.1, 0.15) is 47.8 Å². The molecule has 29 heavy (non-hydrogen) atoms. The maximum Gasteiger partial charge on any atom is 0.311 e. The number of phenols is 1. The van der Waals surface area contributed by atoms with Crippen molar-refractivity contribution in [2.75, 3.05) is 0 Å². The summed E-state index contributed by atoms with van der Waals surface area (Å²) in [6.45, 7) is 5.21. The van der Waals surface area contributed by atoms with E-state index in [0.717, 1.165) is 6.07 Å². The number of rotatable bonds is 5. The molecule has 0 spiro atoms. The molecule has 1 aromatic heterocycles. The summed E-state index contributed by atoms with van der Waals surface area (Å²) in [5.74, 6) is -4.41. The Kier molecular flexibility index (Phi) is 5.66. The summed E-state index contributed by atoms with van der Waals surface area (Å²) in [6.07, 6.45) is 0.550. The average Bonchev–Trinajstić information content (AvgIpc) is 2.97. The number of halogens is 2. The first-order valence-electron chi connectivity index (χ1n) is 9.24. The molecule has 2 aromatic carbocycles. The molecule has 5 nitrogen and oxygen atoms in total. The molecule has 3 aromatic rings. The van der Waals surface area contributed by atoms with E-state index in [1.807, 2.05) is 6.92 Å². The van der Waals surface area contributed by atoms with Gasteiger partial charge in [-0.3, -0.25) is 14.2 Å². The number of benzene rings is 2. The third-order valence-corrected chi connectivity index (χ3v) is 5.67. The topological polar surface area (TPSA) is 79.5 Å². The Hall–Kier alpha value is -2.86. The van der Waals surface area contributed by atoms with E-state index >= 15 is 0 Å². The van der Waals surface area contributed by atoms with Crippen molar-refractivity contribution >= 4 is 34.4 Å². The molecule has 2 N–H and O–H groups in total. The summed E-state index contributed by atoms with van der Waals surface area (Å²) in [5, 5.41) is 20.2. The van der Waals surface area contributed by atoms with E-state index in [9.17, 15) is 24.2 Å². The Bertz CT molecular complexity index is 1100. The summed E-state index contributed by atoms with van der Waals surface area (Å²) >= 11 is 5.90. The van der Waals surface area contributed by atoms with E-state index < -0.39 is 29.4 Å². The third kappa shape index (κ3) is 3.49. The van der Waals surface area contributed by atoms with Crippen LogP contribution in [-0.4, -0.2) is 26.7 Å². The van der Waals surface area contributed by atoms with E-state index in [2.05, 4.69) is 0 Å². The van der Waals surface area contributed by atoms with Crippen LogP contribution in [0, 0.1) is 18.7 Å². The van der Waals surface area contributed by atoms with Crippen molar-refractivity contribution < 1.29 is 24.2 Å². The Morgan fingerprint density at radius 2 is 1.79 bits per heavy atom. The normalized spacial score (nSPS) is 13.4. The lowest BCUT2D eigenvalue weighted by Gasteiger charge is -2.20. The molecular weight excluding hydrogens is 397 g/mol. The van der Waals surface area contributed by atoms with Crippen molar-refractivity contribution in [3.63, 3.8) is 0 Å². The maximum atomic E-state index is 15.0. The van der Waals surface area contributed by atoms with Crippen LogP contribution in [0.25, 0.3) is 10.9 Å². The van der Waals surface area contributed by atoms with Gasteiger partial charge in [0.2, 0.25) is 0 Å². The van der Waals surface area contributed by atoms with Crippen LogP contribution < -0.4 is 0 Å². The molecular formula is C22H21ClFNO4. The molecule has 0 aliphatic heterocycles. The van der Waals surface area contributed by atoms with E-state index in [0.29, 0.717) is 22.7 Å². The summed E-state index contributed by atoms with van der Waals surface area (Å²) in [6, 6.07) is 8.83. The number of carboxylic acids is 1. The highest BCUT2D eigenvalue weighted by Gasteiger charge is 2.34. The third-order valence-electron chi connectivity index (χ3n) is 5.42. The SMILES string of the molecule is CCC(C)[C@H](C(=O)O)c1c(C)n(C(=O)c2ccc(Cl)cc2)c2ccc(O)c(F)c12. The highest BCUT2D eigenvalue weighted by atomic mass is 35.5. The number of nitrogens with zero attached hydrogens (tertiary/aromatic N) is 1. The molecule has 0 fully saturated rings. The number of aliphatic carboxylic acids is 1. The Balaban J connectivity index is 2.37. The number of phenolic OH excluding ortho intramolecular Hbond substituents is 1. The molecule has 1 heterocycles. The molecule has 0 saturated carbocycles. The zero-order valence-electron chi connectivity index (χ0n) is 16.2. The lowest BCUT2D eigenvalue weighted by atomic mass is 9.84. The van der Waals surface area contributed by atoms with Crippen LogP contribution in [0.2, 0.25) is 5.02 Å². The first-order chi connectivity index (χ1) is 13.7. The number of aromatic hydroxyl groups is 1. The Labute approximate surface area is 172 Å². The van der Waals surface area contributed by atoms with Crippen molar-refractivity contribution in [2.45, 2.75) is 33.1 Å². The molecule has 0 amide bonds. The van der Waals surface area contributed by atoms with Crippen molar-refractivity contribution in [2.24, 2.45) is 5.92 Å². The minimum absolute atomic E-state index is 0.0440. The van der Waals surface area contributed by atoms with Gasteiger partial charge < -0.3 is 10.2 Å². The minimum atomic E-state index is -1.11. The van der Waals surface area contributed by atoms with Gasteiger partial charge in [0.1, 0.15) is 0 Å². The predicted octanol–water partition coefficient (Wildman–Crippen LogP) is 5.35. The van der Waals surface area contributed by atoms with Gasteiger partial charge in [0.15, 0.2) is 11.6 Å². The lowest BCUT2D eigenvalue weighted by molar-refractivity contribution is -0.140. The second kappa shape index (κ2) is 7.87. The van der Waals surface area contributed by atoms with Gasteiger partial charge in [0.05, 0.1) is 11.4 Å². The molecule has 0 bridgehead atoms. The van der Waals surface area contributed by atoms with Gasteiger partial charge in [0.25, 0.3) is 5.91 Å². The van der Waals surface area contributed by atoms with Gasteiger partial charge in [-0.1, -0.05) is 31.9 Å². The first-order valence-corrected chi connectivity index (χ1v) is 9.62. The number of carboxylic acid groups (broad SMARTS) is 1. The molecule has 0 saturated heterocycles. The fourth-order valence-electron chi connectivity index (χ4n) is 3.73. The molecule has 1 unspecified atom stereocenters.